The van der Waals surface area contributed by atoms with Gasteiger partial charge >= 0.3 is 0 Å². The molecule has 9 heteroatoms. The van der Waals surface area contributed by atoms with Crippen molar-refractivity contribution >= 4 is 34.2 Å². The first-order chi connectivity index (χ1) is 12.2. The number of halogens is 1. The lowest BCUT2D eigenvalue weighted by atomic mass is 10.2. The first kappa shape index (κ1) is 22.4. The number of fused-ring (bicyclic) bond motifs is 1. The first-order valence-electron chi connectivity index (χ1n) is 8.41. The summed E-state index contributed by atoms with van der Waals surface area (Å²) in [5, 5.41) is 9.62. The number of hydrogen-bond donors (Lipinski definition) is 3. The highest BCUT2D eigenvalue weighted by Crippen LogP contribution is 2.35. The molecule has 0 aromatic heterocycles. The topological polar surface area (TPSA) is 113 Å². The molecule has 2 rings (SSSR count). The highest BCUT2D eigenvalue weighted by molar-refractivity contribution is 7.82. The summed E-state index contributed by atoms with van der Waals surface area (Å²) >= 11 is 6.22. The number of aliphatic hydroxyl groups excluding tert-OH is 1. The van der Waals surface area contributed by atoms with Crippen LogP contribution in [-0.2, 0) is 22.2 Å². The fourth-order valence-corrected chi connectivity index (χ4v) is 3.85. The second kappa shape index (κ2) is 9.91. The number of hydrazine groups is 1. The van der Waals surface area contributed by atoms with Gasteiger partial charge in [-0.15, -0.1) is 0 Å². The summed E-state index contributed by atoms with van der Waals surface area (Å²) in [6.45, 7) is 7.64. The number of rotatable bonds is 5. The third kappa shape index (κ3) is 5.44. The SMILES string of the molecule is CC.CC(=O)N1CCc2cc(Cl)c(S(=O)N(N)/C=C(\N)CC(C)O)cc21. The zero-order chi connectivity index (χ0) is 20.0. The number of carbonyl (C=O) groups is 1. The second-order valence-electron chi connectivity index (χ2n) is 5.70. The molecule has 0 saturated heterocycles. The number of aliphatic hydroxyl groups is 1. The summed E-state index contributed by atoms with van der Waals surface area (Å²) in [5.74, 6) is 5.71. The second-order valence-corrected chi connectivity index (χ2v) is 7.47. The van der Waals surface area contributed by atoms with E-state index in [-0.39, 0.29) is 12.3 Å². The van der Waals surface area contributed by atoms with E-state index in [1.165, 1.54) is 13.1 Å². The van der Waals surface area contributed by atoms with Gasteiger partial charge in [-0.05, 0) is 31.0 Å². The molecule has 1 aliphatic rings. The number of amides is 1. The summed E-state index contributed by atoms with van der Waals surface area (Å²) in [4.78, 5) is 13.6. The molecule has 1 aromatic carbocycles. The zero-order valence-corrected chi connectivity index (χ0v) is 17.1. The lowest BCUT2D eigenvalue weighted by Gasteiger charge is -2.19. The van der Waals surface area contributed by atoms with Crippen LogP contribution in [0.1, 0.15) is 39.7 Å². The fourth-order valence-electron chi connectivity index (χ4n) is 2.57. The van der Waals surface area contributed by atoms with Gasteiger partial charge in [0.25, 0.3) is 0 Å². The van der Waals surface area contributed by atoms with Crippen molar-refractivity contribution in [2.75, 3.05) is 11.4 Å². The maximum atomic E-state index is 12.6. The fraction of sp³-hybridized carbons (Fsp3) is 0.471. The van der Waals surface area contributed by atoms with Crippen molar-refractivity contribution in [3.63, 3.8) is 0 Å². The van der Waals surface area contributed by atoms with Crippen LogP contribution in [-0.4, -0.2) is 32.3 Å². The monoisotopic (exact) mass is 402 g/mol. The number of nitrogens with zero attached hydrogens (tertiary/aromatic N) is 2. The minimum absolute atomic E-state index is 0.0847. The molecule has 1 heterocycles. The summed E-state index contributed by atoms with van der Waals surface area (Å²) in [6.07, 6.45) is 1.58. The van der Waals surface area contributed by atoms with E-state index in [2.05, 4.69) is 0 Å². The number of carbonyl (C=O) groups excluding carboxylic acids is 1. The molecule has 2 unspecified atom stereocenters. The molecule has 0 spiro atoms. The van der Waals surface area contributed by atoms with E-state index < -0.39 is 17.1 Å². The molecule has 2 atom stereocenters. The largest absolute Gasteiger partial charge is 0.401 e. The van der Waals surface area contributed by atoms with E-state index in [1.54, 1.807) is 24.0 Å². The van der Waals surface area contributed by atoms with Crippen LogP contribution in [0.5, 0.6) is 0 Å². The standard InChI is InChI=1S/C15H21ClN4O3S.C2H6/c1-9(21)5-12(17)8-20(18)24(23)15-7-14-11(6-13(15)16)3-4-19(14)10(2)22;1-2/h6-9,21H,3-5,17-18H2,1-2H3;1-2H3/b12-8-;. The minimum Gasteiger partial charge on any atom is -0.401 e. The Morgan fingerprint density at radius 1 is 1.50 bits per heavy atom. The molecule has 0 saturated carbocycles. The van der Waals surface area contributed by atoms with Gasteiger partial charge in [0, 0.05) is 37.5 Å². The van der Waals surface area contributed by atoms with Crippen LogP contribution in [0.15, 0.2) is 28.9 Å². The van der Waals surface area contributed by atoms with Gasteiger partial charge in [0.15, 0.2) is 11.0 Å². The Kier molecular flexibility index (Phi) is 8.55. The van der Waals surface area contributed by atoms with Gasteiger partial charge in [0.1, 0.15) is 0 Å². The van der Waals surface area contributed by atoms with Crippen LogP contribution in [0, 0.1) is 0 Å². The minimum atomic E-state index is -1.79. The molecular weight excluding hydrogens is 376 g/mol. The number of anilines is 1. The molecule has 1 aliphatic heterocycles. The predicted octanol–water partition coefficient (Wildman–Crippen LogP) is 2.04. The van der Waals surface area contributed by atoms with E-state index in [0.29, 0.717) is 34.3 Å². The van der Waals surface area contributed by atoms with Crippen molar-refractivity contribution in [2.45, 2.75) is 51.5 Å². The van der Waals surface area contributed by atoms with Crippen LogP contribution in [0.25, 0.3) is 0 Å². The summed E-state index contributed by atoms with van der Waals surface area (Å²) in [7, 11) is -1.79. The Morgan fingerprint density at radius 3 is 2.65 bits per heavy atom. The highest BCUT2D eigenvalue weighted by atomic mass is 35.5. The van der Waals surface area contributed by atoms with E-state index in [4.69, 9.17) is 23.2 Å². The van der Waals surface area contributed by atoms with Crippen LogP contribution in [0.3, 0.4) is 0 Å². The van der Waals surface area contributed by atoms with Crippen LogP contribution in [0.4, 0.5) is 5.69 Å². The van der Waals surface area contributed by atoms with E-state index in [9.17, 15) is 14.1 Å². The maximum Gasteiger partial charge on any atom is 0.223 e. The lowest BCUT2D eigenvalue weighted by molar-refractivity contribution is -0.116. The molecule has 0 radical (unpaired) electrons. The molecule has 0 fully saturated rings. The molecule has 0 aliphatic carbocycles. The van der Waals surface area contributed by atoms with Gasteiger partial charge in [-0.2, -0.15) is 0 Å². The number of hydrogen-bond acceptors (Lipinski definition) is 5. The van der Waals surface area contributed by atoms with E-state index >= 15 is 0 Å². The van der Waals surface area contributed by atoms with Gasteiger partial charge in [0.2, 0.25) is 5.91 Å². The lowest BCUT2D eigenvalue weighted by Crippen LogP contribution is -2.30. The third-order valence-electron chi connectivity index (χ3n) is 3.61. The van der Waals surface area contributed by atoms with E-state index in [1.807, 2.05) is 13.8 Å². The molecule has 0 bridgehead atoms. The smallest absolute Gasteiger partial charge is 0.223 e. The Labute approximate surface area is 162 Å². The van der Waals surface area contributed by atoms with Gasteiger partial charge < -0.3 is 15.7 Å². The Hall–Kier alpha value is -1.61. The number of benzene rings is 1. The van der Waals surface area contributed by atoms with Crippen LogP contribution in [0.2, 0.25) is 5.02 Å². The molecule has 1 amide bonds. The maximum absolute atomic E-state index is 12.6. The molecule has 1 aromatic rings. The van der Waals surface area contributed by atoms with Crippen molar-refractivity contribution in [3.8, 4) is 0 Å². The van der Waals surface area contributed by atoms with Gasteiger partial charge in [-0.1, -0.05) is 25.4 Å². The summed E-state index contributed by atoms with van der Waals surface area (Å²) in [5.41, 5.74) is 7.67. The average molecular weight is 403 g/mol. The van der Waals surface area contributed by atoms with Crippen LogP contribution >= 0.6 is 11.6 Å². The number of nitrogens with two attached hydrogens (primary N) is 2. The van der Waals surface area contributed by atoms with Crippen molar-refractivity contribution in [1.29, 1.82) is 0 Å². The molecule has 7 nitrogen and oxygen atoms in total. The zero-order valence-electron chi connectivity index (χ0n) is 15.5. The third-order valence-corrected chi connectivity index (χ3v) is 5.24. The van der Waals surface area contributed by atoms with Gasteiger partial charge in [-0.25, -0.2) is 14.5 Å². The molecular formula is C17H27ClN4O3S. The van der Waals surface area contributed by atoms with Gasteiger partial charge in [0.05, 0.1) is 16.0 Å². The predicted molar refractivity (Wildman–Crippen MR) is 106 cm³/mol. The highest BCUT2D eigenvalue weighted by Gasteiger charge is 2.26. The Morgan fingerprint density at radius 2 is 2.12 bits per heavy atom. The van der Waals surface area contributed by atoms with Crippen molar-refractivity contribution < 1.29 is 14.1 Å². The quantitative estimate of drug-likeness (QED) is 0.515. The van der Waals surface area contributed by atoms with Crippen molar-refractivity contribution in [1.82, 2.24) is 4.41 Å². The Bertz CT molecular complexity index is 709. The van der Waals surface area contributed by atoms with Crippen molar-refractivity contribution in [3.05, 3.63) is 34.6 Å². The first-order valence-corrected chi connectivity index (χ1v) is 9.89. The molecule has 146 valence electrons. The summed E-state index contributed by atoms with van der Waals surface area (Å²) in [6, 6.07) is 3.34. The normalized spacial score (nSPS) is 15.7. The average Bonchev–Trinajstić information content (AvgIpc) is 2.97. The molecule has 26 heavy (non-hydrogen) atoms. The Balaban J connectivity index is 0.00000163. The van der Waals surface area contributed by atoms with Crippen LogP contribution < -0.4 is 16.5 Å². The van der Waals surface area contributed by atoms with Crippen molar-refractivity contribution in [2.24, 2.45) is 11.6 Å². The van der Waals surface area contributed by atoms with Gasteiger partial charge in [-0.3, -0.25) is 4.79 Å². The summed E-state index contributed by atoms with van der Waals surface area (Å²) < 4.78 is 13.6. The van der Waals surface area contributed by atoms with E-state index in [0.717, 1.165) is 9.98 Å². The molecule has 5 N–H and O–H groups in total.